The summed E-state index contributed by atoms with van der Waals surface area (Å²) in [6.07, 6.45) is 1.30. The van der Waals surface area contributed by atoms with E-state index in [1.807, 2.05) is 24.3 Å². The molecular formula is C25H24N2O6S. The summed E-state index contributed by atoms with van der Waals surface area (Å²) in [5, 5.41) is 2.80. The van der Waals surface area contributed by atoms with Crippen LogP contribution >= 0.6 is 0 Å². The predicted molar refractivity (Wildman–Crippen MR) is 126 cm³/mol. The fraction of sp³-hybridized carbons (Fsp3) is 0.240. The lowest BCUT2D eigenvalue weighted by atomic mass is 10.0. The first kappa shape index (κ1) is 22.2. The Hall–Kier alpha value is -3.56. The highest BCUT2D eigenvalue weighted by Gasteiger charge is 2.27. The first-order valence-electron chi connectivity index (χ1n) is 11.0. The number of nitrogens with one attached hydrogen (secondary N) is 2. The molecule has 0 fully saturated rings. The van der Waals surface area contributed by atoms with E-state index >= 15 is 0 Å². The number of sulfonamides is 1. The van der Waals surface area contributed by atoms with Gasteiger partial charge in [-0.05, 0) is 36.4 Å². The van der Waals surface area contributed by atoms with E-state index in [2.05, 4.69) is 10.0 Å². The van der Waals surface area contributed by atoms with Gasteiger partial charge in [0.15, 0.2) is 11.5 Å². The molecule has 0 bridgehead atoms. The minimum absolute atomic E-state index is 0.0165. The van der Waals surface area contributed by atoms with Crippen LogP contribution < -0.4 is 24.2 Å². The van der Waals surface area contributed by atoms with Gasteiger partial charge >= 0.3 is 0 Å². The third kappa shape index (κ3) is 4.71. The Morgan fingerprint density at radius 2 is 1.62 bits per heavy atom. The molecule has 2 aliphatic heterocycles. The van der Waals surface area contributed by atoms with Crippen LogP contribution in [0.15, 0.2) is 71.6 Å². The Morgan fingerprint density at radius 1 is 0.824 bits per heavy atom. The fourth-order valence-corrected chi connectivity index (χ4v) is 5.26. The van der Waals surface area contributed by atoms with Gasteiger partial charge in [-0.2, -0.15) is 0 Å². The Labute approximate surface area is 197 Å². The zero-order chi connectivity index (χ0) is 23.5. The molecule has 3 aromatic carbocycles. The summed E-state index contributed by atoms with van der Waals surface area (Å²) in [7, 11) is -3.87. The minimum atomic E-state index is -3.87. The summed E-state index contributed by atoms with van der Waals surface area (Å²) in [5.74, 6) is 1.43. The summed E-state index contributed by atoms with van der Waals surface area (Å²) in [5.41, 5.74) is 1.54. The molecule has 3 aromatic rings. The molecule has 5 rings (SSSR count). The number of fused-ring (bicyclic) bond motifs is 2. The number of benzene rings is 3. The number of hydrogen-bond acceptors (Lipinski definition) is 6. The van der Waals surface area contributed by atoms with E-state index in [1.165, 1.54) is 12.1 Å². The molecule has 0 radical (unpaired) electrons. The lowest BCUT2D eigenvalue weighted by Crippen LogP contribution is -2.32. The second-order valence-corrected chi connectivity index (χ2v) is 9.76. The van der Waals surface area contributed by atoms with Crippen molar-refractivity contribution in [1.29, 1.82) is 0 Å². The average molecular weight is 481 g/mol. The van der Waals surface area contributed by atoms with Gasteiger partial charge in [-0.25, -0.2) is 13.1 Å². The van der Waals surface area contributed by atoms with Crippen LogP contribution in [0, 0.1) is 0 Å². The molecule has 2 aliphatic rings. The van der Waals surface area contributed by atoms with Gasteiger partial charge in [0, 0.05) is 35.7 Å². The van der Waals surface area contributed by atoms with E-state index in [0.29, 0.717) is 49.2 Å². The zero-order valence-electron chi connectivity index (χ0n) is 18.3. The van der Waals surface area contributed by atoms with Crippen molar-refractivity contribution >= 4 is 21.6 Å². The molecule has 2 heterocycles. The standard InChI is InChI=1S/C25H24N2O6S/c28-25(26-18-9-10-23-24(16-18)32-13-4-12-31-23)17-5-3-6-19(15-17)34(29,30)27-21-11-14-33-22-8-2-1-7-20(21)22/h1-3,5-10,15-16,21,27H,4,11-14H2,(H,26,28)/t21-/m1/s1. The molecule has 0 unspecified atom stereocenters. The van der Waals surface area contributed by atoms with E-state index in [0.717, 1.165) is 12.0 Å². The topological polar surface area (TPSA) is 103 Å². The predicted octanol–water partition coefficient (Wildman–Crippen LogP) is 3.90. The van der Waals surface area contributed by atoms with Crippen molar-refractivity contribution in [1.82, 2.24) is 4.72 Å². The summed E-state index contributed by atoms with van der Waals surface area (Å²) in [6, 6.07) is 18.1. The van der Waals surface area contributed by atoms with Gasteiger partial charge < -0.3 is 19.5 Å². The molecule has 0 spiro atoms. The van der Waals surface area contributed by atoms with Crippen molar-refractivity contribution in [2.24, 2.45) is 0 Å². The van der Waals surface area contributed by atoms with Crippen molar-refractivity contribution in [2.45, 2.75) is 23.8 Å². The van der Waals surface area contributed by atoms with Gasteiger partial charge in [0.1, 0.15) is 5.75 Å². The number of ether oxygens (including phenoxy) is 3. The van der Waals surface area contributed by atoms with Gasteiger partial charge in [-0.3, -0.25) is 4.79 Å². The highest BCUT2D eigenvalue weighted by Crippen LogP contribution is 2.34. The molecule has 0 aromatic heterocycles. The highest BCUT2D eigenvalue weighted by molar-refractivity contribution is 7.89. The Bertz CT molecular complexity index is 1320. The average Bonchev–Trinajstić information content (AvgIpc) is 3.09. The van der Waals surface area contributed by atoms with Gasteiger partial charge in [-0.1, -0.05) is 24.3 Å². The number of carbonyl (C=O) groups excluding carboxylic acids is 1. The number of para-hydroxylation sites is 1. The van der Waals surface area contributed by atoms with Crippen LogP contribution in [0.5, 0.6) is 17.2 Å². The van der Waals surface area contributed by atoms with Crippen molar-refractivity contribution < 1.29 is 27.4 Å². The zero-order valence-corrected chi connectivity index (χ0v) is 19.1. The van der Waals surface area contributed by atoms with Crippen LogP contribution in [0.25, 0.3) is 0 Å². The normalized spacial score (nSPS) is 17.1. The first-order chi connectivity index (χ1) is 16.5. The lowest BCUT2D eigenvalue weighted by Gasteiger charge is -2.26. The molecule has 176 valence electrons. The van der Waals surface area contributed by atoms with Gasteiger partial charge in [-0.15, -0.1) is 0 Å². The van der Waals surface area contributed by atoms with Crippen LogP contribution in [0.2, 0.25) is 0 Å². The molecule has 34 heavy (non-hydrogen) atoms. The maximum atomic E-state index is 13.1. The molecule has 1 amide bonds. The molecule has 1 atom stereocenters. The number of amides is 1. The Balaban J connectivity index is 1.33. The fourth-order valence-electron chi connectivity index (χ4n) is 3.97. The van der Waals surface area contributed by atoms with E-state index in [4.69, 9.17) is 14.2 Å². The minimum Gasteiger partial charge on any atom is -0.493 e. The smallest absolute Gasteiger partial charge is 0.255 e. The van der Waals surface area contributed by atoms with Crippen molar-refractivity contribution in [3.05, 3.63) is 77.9 Å². The summed E-state index contributed by atoms with van der Waals surface area (Å²) in [6.45, 7) is 1.53. The first-order valence-corrected chi connectivity index (χ1v) is 12.5. The maximum absolute atomic E-state index is 13.1. The van der Waals surface area contributed by atoms with Crippen LogP contribution in [-0.4, -0.2) is 34.1 Å². The van der Waals surface area contributed by atoms with Crippen molar-refractivity contribution in [3.63, 3.8) is 0 Å². The third-order valence-electron chi connectivity index (χ3n) is 5.67. The quantitative estimate of drug-likeness (QED) is 0.574. The summed E-state index contributed by atoms with van der Waals surface area (Å²) >= 11 is 0. The maximum Gasteiger partial charge on any atom is 0.255 e. The van der Waals surface area contributed by atoms with Gasteiger partial charge in [0.2, 0.25) is 10.0 Å². The number of rotatable bonds is 5. The number of anilines is 1. The molecule has 2 N–H and O–H groups in total. The molecule has 9 heteroatoms. The van der Waals surface area contributed by atoms with E-state index in [9.17, 15) is 13.2 Å². The Morgan fingerprint density at radius 3 is 2.50 bits per heavy atom. The molecule has 0 saturated carbocycles. The van der Waals surface area contributed by atoms with E-state index in [1.54, 1.807) is 30.3 Å². The van der Waals surface area contributed by atoms with Crippen LogP contribution in [-0.2, 0) is 10.0 Å². The number of hydrogen-bond donors (Lipinski definition) is 2. The van der Waals surface area contributed by atoms with E-state index < -0.39 is 22.0 Å². The van der Waals surface area contributed by atoms with Crippen molar-refractivity contribution in [2.75, 3.05) is 25.1 Å². The van der Waals surface area contributed by atoms with Crippen LogP contribution in [0.3, 0.4) is 0 Å². The lowest BCUT2D eigenvalue weighted by molar-refractivity contribution is 0.102. The number of carbonyl (C=O) groups is 1. The Kier molecular flexibility index (Phi) is 6.12. The van der Waals surface area contributed by atoms with E-state index in [-0.39, 0.29) is 10.5 Å². The third-order valence-corrected chi connectivity index (χ3v) is 7.14. The second-order valence-electron chi connectivity index (χ2n) is 8.04. The SMILES string of the molecule is O=C(Nc1ccc2c(c1)OCCCO2)c1cccc(S(=O)(=O)N[C@@H]2CCOc3ccccc32)c1. The molecular weight excluding hydrogens is 456 g/mol. The summed E-state index contributed by atoms with van der Waals surface area (Å²) < 4.78 is 45.9. The molecule has 0 aliphatic carbocycles. The monoisotopic (exact) mass is 480 g/mol. The molecule has 8 nitrogen and oxygen atoms in total. The summed E-state index contributed by atoms with van der Waals surface area (Å²) in [4.78, 5) is 12.9. The van der Waals surface area contributed by atoms with Crippen molar-refractivity contribution in [3.8, 4) is 17.2 Å². The molecule has 0 saturated heterocycles. The van der Waals surface area contributed by atoms with Crippen LogP contribution in [0.4, 0.5) is 5.69 Å². The second kappa shape index (κ2) is 9.36. The van der Waals surface area contributed by atoms with Crippen LogP contribution in [0.1, 0.15) is 34.8 Å². The van der Waals surface area contributed by atoms with Gasteiger partial charge in [0.25, 0.3) is 5.91 Å². The van der Waals surface area contributed by atoms with Gasteiger partial charge in [0.05, 0.1) is 30.8 Å². The highest BCUT2D eigenvalue weighted by atomic mass is 32.2. The largest absolute Gasteiger partial charge is 0.493 e.